The number of benzene rings is 1. The molecule has 6 nitrogen and oxygen atoms in total. The smallest absolute Gasteiger partial charge is 0.271 e. The normalized spacial score (nSPS) is 11.2. The number of nitrogens with one attached hydrogen (secondary N) is 1. The van der Waals surface area contributed by atoms with Gasteiger partial charge in [0.15, 0.2) is 0 Å². The van der Waals surface area contributed by atoms with Crippen molar-refractivity contribution in [2.45, 2.75) is 19.4 Å². The molecule has 1 rings (SSSR count). The van der Waals surface area contributed by atoms with E-state index < -0.39 is 16.4 Å². The summed E-state index contributed by atoms with van der Waals surface area (Å²) in [6.07, 6.45) is 0. The molecule has 1 amide bonds. The van der Waals surface area contributed by atoms with Crippen molar-refractivity contribution in [3.8, 4) is 0 Å². The number of nitro groups is 1. The number of amides is 1. The molecule has 110 valence electrons. The molecule has 1 N–H and O–H groups in total. The van der Waals surface area contributed by atoms with Crippen LogP contribution in [0.5, 0.6) is 0 Å². The Morgan fingerprint density at radius 2 is 2.05 bits per heavy atom. The number of nitrogens with zero attached hydrogens (tertiary/aromatic N) is 1. The quantitative estimate of drug-likeness (QED) is 0.667. The van der Waals surface area contributed by atoms with E-state index in [4.69, 9.17) is 27.9 Å². The van der Waals surface area contributed by atoms with Crippen molar-refractivity contribution >= 4 is 34.8 Å². The Hall–Kier alpha value is -1.37. The van der Waals surface area contributed by atoms with Crippen LogP contribution >= 0.6 is 23.2 Å². The van der Waals surface area contributed by atoms with E-state index in [0.29, 0.717) is 0 Å². The number of rotatable bonds is 5. The minimum absolute atomic E-state index is 0.0250. The summed E-state index contributed by atoms with van der Waals surface area (Å²) >= 11 is 11.7. The summed E-state index contributed by atoms with van der Waals surface area (Å²) in [5.74, 6) is -0.553. The van der Waals surface area contributed by atoms with Gasteiger partial charge in [0.2, 0.25) is 0 Å². The topological polar surface area (TPSA) is 81.5 Å². The van der Waals surface area contributed by atoms with Crippen LogP contribution in [-0.4, -0.2) is 30.1 Å². The van der Waals surface area contributed by atoms with Crippen LogP contribution in [0.15, 0.2) is 12.1 Å². The SMILES string of the molecule is COCC(C)(C)NC(=O)c1cc([N+](=O)[O-])cc(Cl)c1Cl. The van der Waals surface area contributed by atoms with Crippen molar-refractivity contribution < 1.29 is 14.5 Å². The lowest BCUT2D eigenvalue weighted by Gasteiger charge is -2.25. The monoisotopic (exact) mass is 320 g/mol. The fourth-order valence-electron chi connectivity index (χ4n) is 1.62. The average molecular weight is 321 g/mol. The van der Waals surface area contributed by atoms with Gasteiger partial charge in [-0.3, -0.25) is 14.9 Å². The standard InChI is InChI=1S/C12H14Cl2N2O4/c1-12(2,6-20-3)15-11(17)8-4-7(16(18)19)5-9(13)10(8)14/h4-5H,6H2,1-3H3,(H,15,17). The lowest BCUT2D eigenvalue weighted by atomic mass is 10.1. The van der Waals surface area contributed by atoms with E-state index in [2.05, 4.69) is 5.32 Å². The third-order valence-electron chi connectivity index (χ3n) is 2.43. The van der Waals surface area contributed by atoms with Crippen LogP contribution in [0.3, 0.4) is 0 Å². The number of carbonyl (C=O) groups is 1. The van der Waals surface area contributed by atoms with Gasteiger partial charge < -0.3 is 10.1 Å². The molecule has 0 radical (unpaired) electrons. The van der Waals surface area contributed by atoms with E-state index in [1.165, 1.54) is 7.11 Å². The molecular weight excluding hydrogens is 307 g/mol. The summed E-state index contributed by atoms with van der Waals surface area (Å²) in [5, 5.41) is 13.4. The first-order chi connectivity index (χ1) is 9.18. The molecule has 0 aromatic heterocycles. The summed E-state index contributed by atoms with van der Waals surface area (Å²) in [4.78, 5) is 22.3. The van der Waals surface area contributed by atoms with Gasteiger partial charge in [-0.15, -0.1) is 0 Å². The lowest BCUT2D eigenvalue weighted by molar-refractivity contribution is -0.384. The van der Waals surface area contributed by atoms with Crippen LogP contribution in [0, 0.1) is 10.1 Å². The molecule has 0 saturated heterocycles. The Morgan fingerprint density at radius 1 is 1.45 bits per heavy atom. The number of hydrogen-bond donors (Lipinski definition) is 1. The third kappa shape index (κ3) is 4.06. The van der Waals surface area contributed by atoms with Crippen LogP contribution in [0.2, 0.25) is 10.0 Å². The van der Waals surface area contributed by atoms with Crippen molar-refractivity contribution in [2.75, 3.05) is 13.7 Å². The van der Waals surface area contributed by atoms with Crippen LogP contribution in [0.4, 0.5) is 5.69 Å². The van der Waals surface area contributed by atoms with Crippen molar-refractivity contribution in [1.82, 2.24) is 5.32 Å². The second kappa shape index (κ2) is 6.39. The summed E-state index contributed by atoms with van der Waals surface area (Å²) in [7, 11) is 1.51. The van der Waals surface area contributed by atoms with E-state index in [1.54, 1.807) is 13.8 Å². The van der Waals surface area contributed by atoms with Gasteiger partial charge in [-0.2, -0.15) is 0 Å². The molecule has 0 saturated carbocycles. The molecule has 0 spiro atoms. The predicted octanol–water partition coefficient (Wildman–Crippen LogP) is 3.06. The molecule has 0 aliphatic carbocycles. The highest BCUT2D eigenvalue weighted by molar-refractivity contribution is 6.44. The second-order valence-electron chi connectivity index (χ2n) is 4.82. The van der Waals surface area contributed by atoms with Crippen LogP contribution in [-0.2, 0) is 4.74 Å². The predicted molar refractivity (Wildman–Crippen MR) is 76.5 cm³/mol. The number of nitro benzene ring substituents is 1. The van der Waals surface area contributed by atoms with Gasteiger partial charge >= 0.3 is 0 Å². The van der Waals surface area contributed by atoms with E-state index >= 15 is 0 Å². The van der Waals surface area contributed by atoms with E-state index in [9.17, 15) is 14.9 Å². The van der Waals surface area contributed by atoms with Gasteiger partial charge in [0.25, 0.3) is 11.6 Å². The van der Waals surface area contributed by atoms with Crippen LogP contribution in [0.25, 0.3) is 0 Å². The number of hydrogen-bond acceptors (Lipinski definition) is 4. The van der Waals surface area contributed by atoms with Crippen LogP contribution in [0.1, 0.15) is 24.2 Å². The maximum absolute atomic E-state index is 12.2. The van der Waals surface area contributed by atoms with Crippen molar-refractivity contribution in [3.05, 3.63) is 37.9 Å². The molecule has 0 atom stereocenters. The molecule has 0 fully saturated rings. The summed E-state index contributed by atoms with van der Waals surface area (Å²) in [6.45, 7) is 3.78. The molecular formula is C12H14Cl2N2O4. The van der Waals surface area contributed by atoms with Crippen molar-refractivity contribution in [2.24, 2.45) is 0 Å². The fraction of sp³-hybridized carbons (Fsp3) is 0.417. The maximum Gasteiger partial charge on any atom is 0.271 e. The third-order valence-corrected chi connectivity index (χ3v) is 3.23. The van der Waals surface area contributed by atoms with E-state index in [0.717, 1.165) is 12.1 Å². The largest absolute Gasteiger partial charge is 0.382 e. The first-order valence-corrected chi connectivity index (χ1v) is 6.38. The van der Waals surface area contributed by atoms with Gasteiger partial charge in [-0.05, 0) is 13.8 Å². The maximum atomic E-state index is 12.2. The minimum Gasteiger partial charge on any atom is -0.382 e. The number of ether oxygens (including phenoxy) is 1. The lowest BCUT2D eigenvalue weighted by Crippen LogP contribution is -2.46. The number of carbonyl (C=O) groups excluding carboxylic acids is 1. The Labute approximate surface area is 126 Å². The fourth-order valence-corrected chi connectivity index (χ4v) is 2.03. The van der Waals surface area contributed by atoms with Crippen molar-refractivity contribution in [3.63, 3.8) is 0 Å². The highest BCUT2D eigenvalue weighted by Crippen LogP contribution is 2.31. The van der Waals surface area contributed by atoms with E-state index in [-0.39, 0.29) is 27.9 Å². The Kier molecular flexibility index (Phi) is 5.33. The van der Waals surface area contributed by atoms with E-state index in [1.807, 2.05) is 0 Å². The zero-order valence-electron chi connectivity index (χ0n) is 11.2. The van der Waals surface area contributed by atoms with Gasteiger partial charge in [-0.25, -0.2) is 0 Å². The summed E-state index contributed by atoms with van der Waals surface area (Å²) in [5.41, 5.74) is -0.990. The molecule has 1 aromatic rings. The Balaban J connectivity index is 3.12. The second-order valence-corrected chi connectivity index (χ2v) is 5.60. The van der Waals surface area contributed by atoms with Gasteiger partial charge in [0, 0.05) is 19.2 Å². The first kappa shape index (κ1) is 16.7. The zero-order valence-corrected chi connectivity index (χ0v) is 12.7. The number of non-ortho nitro benzene ring substituents is 1. The Bertz CT molecular complexity index is 547. The highest BCUT2D eigenvalue weighted by Gasteiger charge is 2.25. The zero-order chi connectivity index (χ0) is 15.5. The molecule has 0 aliphatic rings. The molecule has 1 aromatic carbocycles. The molecule has 8 heteroatoms. The van der Waals surface area contributed by atoms with Gasteiger partial charge in [0.05, 0.1) is 32.7 Å². The number of methoxy groups -OCH3 is 1. The summed E-state index contributed by atoms with van der Waals surface area (Å²) in [6, 6.07) is 2.19. The molecule has 0 bridgehead atoms. The summed E-state index contributed by atoms with van der Waals surface area (Å²) < 4.78 is 4.98. The highest BCUT2D eigenvalue weighted by atomic mass is 35.5. The van der Waals surface area contributed by atoms with Gasteiger partial charge in [-0.1, -0.05) is 23.2 Å². The van der Waals surface area contributed by atoms with Crippen molar-refractivity contribution in [1.29, 1.82) is 0 Å². The number of halogens is 2. The Morgan fingerprint density at radius 3 is 2.55 bits per heavy atom. The molecule has 0 heterocycles. The van der Waals surface area contributed by atoms with Crippen LogP contribution < -0.4 is 5.32 Å². The molecule has 0 unspecified atom stereocenters. The molecule has 20 heavy (non-hydrogen) atoms. The first-order valence-electron chi connectivity index (χ1n) is 5.63. The minimum atomic E-state index is -0.647. The average Bonchev–Trinajstić information content (AvgIpc) is 2.31. The molecule has 0 aliphatic heterocycles. The van der Waals surface area contributed by atoms with Gasteiger partial charge in [0.1, 0.15) is 0 Å².